The van der Waals surface area contributed by atoms with Crippen LogP contribution in [0.4, 0.5) is 5.69 Å². The molecule has 0 unspecified atom stereocenters. The number of nitrogens with one attached hydrogen (secondary N) is 1. The number of benzene rings is 3. The van der Waals surface area contributed by atoms with Crippen molar-refractivity contribution in [3.63, 3.8) is 0 Å². The molecule has 3 rings (SSSR count). The monoisotopic (exact) mass is 480 g/mol. The Morgan fingerprint density at radius 1 is 1.00 bits per heavy atom. The summed E-state index contributed by atoms with van der Waals surface area (Å²) in [5, 5.41) is 2.95. The lowest BCUT2D eigenvalue weighted by Gasteiger charge is -2.24. The second-order valence-corrected chi connectivity index (χ2v) is 10.1. The van der Waals surface area contributed by atoms with Crippen LogP contribution in [0, 0.1) is 13.8 Å². The molecule has 0 aliphatic heterocycles. The zero-order valence-electron chi connectivity index (χ0n) is 20.2. The maximum atomic E-state index is 13.7. The van der Waals surface area contributed by atoms with Gasteiger partial charge < -0.3 is 10.1 Å². The average molecular weight is 481 g/mol. The van der Waals surface area contributed by atoms with E-state index in [0.717, 1.165) is 34.4 Å². The topological polar surface area (TPSA) is 75.7 Å². The number of methoxy groups -OCH3 is 1. The number of ether oxygens (including phenoxy) is 1. The van der Waals surface area contributed by atoms with Crippen LogP contribution in [0.3, 0.4) is 0 Å². The molecule has 0 bridgehead atoms. The van der Waals surface area contributed by atoms with Crippen molar-refractivity contribution < 1.29 is 17.9 Å². The fraction of sp³-hybridized carbons (Fsp3) is 0.296. The Morgan fingerprint density at radius 3 is 2.41 bits per heavy atom. The van der Waals surface area contributed by atoms with E-state index < -0.39 is 10.0 Å². The zero-order chi connectivity index (χ0) is 24.7. The van der Waals surface area contributed by atoms with Crippen molar-refractivity contribution in [2.75, 3.05) is 25.5 Å². The summed E-state index contributed by atoms with van der Waals surface area (Å²) in [6, 6.07) is 20.5. The summed E-state index contributed by atoms with van der Waals surface area (Å²) in [5.74, 6) is -0.129. The summed E-state index contributed by atoms with van der Waals surface area (Å²) in [4.78, 5) is 13.2. The highest BCUT2D eigenvalue weighted by atomic mass is 32.2. The molecule has 0 aliphatic rings. The maximum absolute atomic E-state index is 13.7. The molecular weight excluding hydrogens is 448 g/mol. The minimum Gasteiger partial charge on any atom is -0.495 e. The first-order valence-corrected chi connectivity index (χ1v) is 12.8. The van der Waals surface area contributed by atoms with Crippen molar-refractivity contribution in [1.29, 1.82) is 0 Å². The molecule has 0 aromatic heterocycles. The lowest BCUT2D eigenvalue weighted by Crippen LogP contribution is -2.39. The van der Waals surface area contributed by atoms with Crippen LogP contribution in [-0.4, -0.2) is 38.8 Å². The second-order valence-electron chi connectivity index (χ2n) is 8.24. The van der Waals surface area contributed by atoms with Crippen LogP contribution in [-0.2, 0) is 27.7 Å². The molecule has 0 fully saturated rings. The van der Waals surface area contributed by atoms with Crippen molar-refractivity contribution in [3.8, 4) is 5.75 Å². The van der Waals surface area contributed by atoms with Gasteiger partial charge in [-0.1, -0.05) is 61.5 Å². The molecule has 3 aromatic carbocycles. The first kappa shape index (κ1) is 25.5. The van der Waals surface area contributed by atoms with Crippen molar-refractivity contribution >= 4 is 21.6 Å². The van der Waals surface area contributed by atoms with E-state index in [1.807, 2.05) is 69.3 Å². The van der Waals surface area contributed by atoms with Crippen molar-refractivity contribution in [3.05, 3.63) is 89.0 Å². The predicted octanol–water partition coefficient (Wildman–Crippen LogP) is 4.75. The van der Waals surface area contributed by atoms with E-state index in [9.17, 15) is 13.2 Å². The number of hydrogen-bond donors (Lipinski definition) is 1. The van der Waals surface area contributed by atoms with Crippen LogP contribution in [0.15, 0.2) is 71.6 Å². The van der Waals surface area contributed by atoms with E-state index in [2.05, 4.69) is 5.32 Å². The maximum Gasteiger partial charge on any atom is 0.247 e. The van der Waals surface area contributed by atoms with Crippen LogP contribution in [0.25, 0.3) is 0 Å². The predicted molar refractivity (Wildman–Crippen MR) is 136 cm³/mol. The standard InChI is InChI=1S/C27H32N2O4S/c1-5-23-13-9-10-21(3)27(23)28-26(30)19-29(17-16-22-11-7-6-8-12-22)34(31,32)25-18-20(2)14-15-24(25)33-4/h6-15,18H,5,16-17,19H2,1-4H3,(H,28,30). The molecule has 0 radical (unpaired) electrons. The lowest BCUT2D eigenvalue weighted by molar-refractivity contribution is -0.116. The Bertz CT molecular complexity index is 1240. The smallest absolute Gasteiger partial charge is 0.247 e. The number of rotatable bonds is 10. The molecule has 0 saturated heterocycles. The molecule has 1 N–H and O–H groups in total. The summed E-state index contributed by atoms with van der Waals surface area (Å²) in [7, 11) is -2.56. The quantitative estimate of drug-likeness (QED) is 0.455. The summed E-state index contributed by atoms with van der Waals surface area (Å²) < 4.78 is 34.0. The third-order valence-electron chi connectivity index (χ3n) is 5.75. The largest absolute Gasteiger partial charge is 0.495 e. The van der Waals surface area contributed by atoms with E-state index >= 15 is 0 Å². The van der Waals surface area contributed by atoms with Crippen molar-refractivity contribution in [2.45, 2.75) is 38.5 Å². The first-order chi connectivity index (χ1) is 16.3. The van der Waals surface area contributed by atoms with Crippen molar-refractivity contribution in [1.82, 2.24) is 4.31 Å². The summed E-state index contributed by atoms with van der Waals surface area (Å²) in [6.07, 6.45) is 1.24. The van der Waals surface area contributed by atoms with Crippen LogP contribution >= 0.6 is 0 Å². The molecule has 0 spiro atoms. The van der Waals surface area contributed by atoms with Gasteiger partial charge in [0.25, 0.3) is 0 Å². The molecule has 6 nitrogen and oxygen atoms in total. The molecule has 7 heteroatoms. The normalized spacial score (nSPS) is 11.4. The number of carbonyl (C=O) groups excluding carboxylic acids is 1. The fourth-order valence-corrected chi connectivity index (χ4v) is 5.49. The number of nitrogens with zero attached hydrogens (tertiary/aromatic N) is 1. The van der Waals surface area contributed by atoms with Gasteiger partial charge in [0.05, 0.1) is 13.7 Å². The van der Waals surface area contributed by atoms with Crippen LogP contribution in [0.1, 0.15) is 29.2 Å². The molecule has 180 valence electrons. The first-order valence-electron chi connectivity index (χ1n) is 11.3. The molecule has 3 aromatic rings. The number of sulfonamides is 1. The number of para-hydroxylation sites is 1. The average Bonchev–Trinajstić information content (AvgIpc) is 2.83. The van der Waals surface area contributed by atoms with Gasteiger partial charge in [-0.25, -0.2) is 8.42 Å². The highest BCUT2D eigenvalue weighted by Crippen LogP contribution is 2.28. The Labute approximate surface area is 202 Å². The van der Waals surface area contributed by atoms with Crippen molar-refractivity contribution in [2.24, 2.45) is 0 Å². The minimum absolute atomic E-state index is 0.0565. The third kappa shape index (κ3) is 6.04. The molecule has 0 heterocycles. The molecule has 0 saturated carbocycles. The van der Waals surface area contributed by atoms with Gasteiger partial charge >= 0.3 is 0 Å². The van der Waals surface area contributed by atoms with E-state index in [0.29, 0.717) is 6.42 Å². The van der Waals surface area contributed by atoms with Gasteiger partial charge in [0, 0.05) is 12.2 Å². The molecular formula is C27H32N2O4S. The van der Waals surface area contributed by atoms with Crippen LogP contribution in [0.5, 0.6) is 5.75 Å². The molecule has 1 amide bonds. The minimum atomic E-state index is -4.00. The number of amides is 1. The van der Waals surface area contributed by atoms with Gasteiger partial charge in [0.1, 0.15) is 10.6 Å². The second kappa shape index (κ2) is 11.3. The molecule has 0 atom stereocenters. The Morgan fingerprint density at radius 2 is 1.74 bits per heavy atom. The zero-order valence-corrected chi connectivity index (χ0v) is 21.0. The highest BCUT2D eigenvalue weighted by Gasteiger charge is 2.30. The van der Waals surface area contributed by atoms with Gasteiger partial charge in [-0.3, -0.25) is 4.79 Å². The SMILES string of the molecule is CCc1cccc(C)c1NC(=O)CN(CCc1ccccc1)S(=O)(=O)c1cc(C)ccc1OC. The van der Waals surface area contributed by atoms with E-state index in [1.165, 1.54) is 11.4 Å². The third-order valence-corrected chi connectivity index (χ3v) is 7.62. The fourth-order valence-electron chi connectivity index (χ4n) is 3.85. The van der Waals surface area contributed by atoms with Crippen LogP contribution in [0.2, 0.25) is 0 Å². The number of anilines is 1. The van der Waals surface area contributed by atoms with Gasteiger partial charge in [0.2, 0.25) is 15.9 Å². The molecule has 34 heavy (non-hydrogen) atoms. The Kier molecular flexibility index (Phi) is 8.47. The number of aryl methyl sites for hydroxylation is 3. The van der Waals surface area contributed by atoms with Gasteiger partial charge in [-0.15, -0.1) is 0 Å². The van der Waals surface area contributed by atoms with Gasteiger partial charge in [-0.05, 0) is 61.1 Å². The Hall–Kier alpha value is -3.16. The molecule has 0 aliphatic carbocycles. The summed E-state index contributed by atoms with van der Waals surface area (Å²) >= 11 is 0. The van der Waals surface area contributed by atoms with Gasteiger partial charge in [-0.2, -0.15) is 4.31 Å². The van der Waals surface area contributed by atoms with E-state index in [4.69, 9.17) is 4.74 Å². The van der Waals surface area contributed by atoms with E-state index in [-0.39, 0.29) is 29.6 Å². The van der Waals surface area contributed by atoms with E-state index in [1.54, 1.807) is 18.2 Å². The number of hydrogen-bond acceptors (Lipinski definition) is 4. The van der Waals surface area contributed by atoms with Crippen LogP contribution < -0.4 is 10.1 Å². The van der Waals surface area contributed by atoms with Gasteiger partial charge in [0.15, 0.2) is 0 Å². The lowest BCUT2D eigenvalue weighted by atomic mass is 10.1. The number of carbonyl (C=O) groups is 1. The summed E-state index contributed by atoms with van der Waals surface area (Å²) in [5.41, 5.74) is 4.47. The summed E-state index contributed by atoms with van der Waals surface area (Å²) in [6.45, 7) is 5.63. The Balaban J connectivity index is 1.92. The highest BCUT2D eigenvalue weighted by molar-refractivity contribution is 7.89.